The smallest absolute Gasteiger partial charge is 0.310 e. The van der Waals surface area contributed by atoms with Gasteiger partial charge < -0.3 is 5.11 Å². The summed E-state index contributed by atoms with van der Waals surface area (Å²) in [7, 11) is 0. The molecule has 0 spiro atoms. The van der Waals surface area contributed by atoms with E-state index in [0.29, 0.717) is 6.04 Å². The summed E-state index contributed by atoms with van der Waals surface area (Å²) in [5.74, 6) is 1.21. The number of carboxylic acids is 1. The van der Waals surface area contributed by atoms with Crippen LogP contribution in [-0.2, 0) is 4.79 Å². The quantitative estimate of drug-likeness (QED) is 0.778. The van der Waals surface area contributed by atoms with Crippen molar-refractivity contribution in [3.8, 4) is 0 Å². The minimum absolute atomic E-state index is 0.484. The highest BCUT2D eigenvalue weighted by Gasteiger charge is 2.48. The molecule has 0 aromatic carbocycles. The van der Waals surface area contributed by atoms with E-state index in [9.17, 15) is 9.90 Å². The molecular weight excluding hydrogens is 202 g/mol. The zero-order valence-electron chi connectivity index (χ0n) is 9.98. The van der Waals surface area contributed by atoms with E-state index >= 15 is 0 Å². The average molecular weight is 223 g/mol. The molecule has 3 aliphatic rings. The van der Waals surface area contributed by atoms with Gasteiger partial charge in [0.15, 0.2) is 0 Å². The van der Waals surface area contributed by atoms with Gasteiger partial charge in [-0.2, -0.15) is 0 Å². The minimum atomic E-state index is -0.613. The molecule has 0 radical (unpaired) electrons. The second kappa shape index (κ2) is 3.46. The van der Waals surface area contributed by atoms with E-state index in [2.05, 4.69) is 4.90 Å². The van der Waals surface area contributed by atoms with Crippen molar-refractivity contribution in [3.63, 3.8) is 0 Å². The Balaban J connectivity index is 1.68. The predicted octanol–water partition coefficient (Wildman–Crippen LogP) is 1.97. The van der Waals surface area contributed by atoms with Crippen LogP contribution in [0.1, 0.15) is 39.0 Å². The molecule has 2 aliphatic carbocycles. The Morgan fingerprint density at radius 1 is 1.38 bits per heavy atom. The van der Waals surface area contributed by atoms with Crippen LogP contribution in [0, 0.1) is 17.3 Å². The van der Waals surface area contributed by atoms with Crippen LogP contribution in [0.2, 0.25) is 0 Å². The highest BCUT2D eigenvalue weighted by molar-refractivity contribution is 5.74. The molecule has 2 bridgehead atoms. The average Bonchev–Trinajstić information content (AvgIpc) is 2.91. The normalized spacial score (nSPS) is 47.7. The fourth-order valence-electron chi connectivity index (χ4n) is 4.11. The van der Waals surface area contributed by atoms with Crippen molar-refractivity contribution in [1.29, 1.82) is 0 Å². The third-order valence-corrected chi connectivity index (χ3v) is 5.19. The van der Waals surface area contributed by atoms with Gasteiger partial charge in [0.05, 0.1) is 5.41 Å². The van der Waals surface area contributed by atoms with Gasteiger partial charge in [-0.05, 0) is 51.0 Å². The van der Waals surface area contributed by atoms with Crippen molar-refractivity contribution in [2.75, 3.05) is 13.1 Å². The maximum Gasteiger partial charge on any atom is 0.310 e. The lowest BCUT2D eigenvalue weighted by atomic mass is 9.89. The maximum atomic E-state index is 11.2. The van der Waals surface area contributed by atoms with Crippen molar-refractivity contribution in [2.24, 2.45) is 17.3 Å². The summed E-state index contributed by atoms with van der Waals surface area (Å²) in [6, 6.07) is 0.708. The lowest BCUT2D eigenvalue weighted by molar-refractivity contribution is -0.147. The van der Waals surface area contributed by atoms with Crippen molar-refractivity contribution >= 4 is 5.97 Å². The molecular formula is C13H21NO2. The largest absolute Gasteiger partial charge is 0.481 e. The van der Waals surface area contributed by atoms with Gasteiger partial charge in [-0.1, -0.05) is 6.42 Å². The van der Waals surface area contributed by atoms with Crippen LogP contribution in [0.15, 0.2) is 0 Å². The summed E-state index contributed by atoms with van der Waals surface area (Å²) in [5.41, 5.74) is -0.484. The first-order chi connectivity index (χ1) is 7.58. The van der Waals surface area contributed by atoms with E-state index in [0.717, 1.165) is 31.3 Å². The monoisotopic (exact) mass is 223 g/mol. The van der Waals surface area contributed by atoms with Crippen molar-refractivity contribution in [3.05, 3.63) is 0 Å². The van der Waals surface area contributed by atoms with Crippen LogP contribution in [0.4, 0.5) is 0 Å². The molecule has 3 rings (SSSR count). The molecule has 1 N–H and O–H groups in total. The molecule has 1 aliphatic heterocycles. The van der Waals surface area contributed by atoms with E-state index in [1.807, 2.05) is 6.92 Å². The van der Waals surface area contributed by atoms with Crippen LogP contribution in [0.5, 0.6) is 0 Å². The lowest BCUT2D eigenvalue weighted by Crippen LogP contribution is -2.40. The Bertz CT molecular complexity index is 317. The van der Waals surface area contributed by atoms with Crippen molar-refractivity contribution < 1.29 is 9.90 Å². The van der Waals surface area contributed by atoms with Crippen LogP contribution in [0.25, 0.3) is 0 Å². The number of aliphatic carboxylic acids is 1. The highest BCUT2D eigenvalue weighted by atomic mass is 16.4. The Kier molecular flexibility index (Phi) is 2.29. The number of nitrogens with zero attached hydrogens (tertiary/aromatic N) is 1. The van der Waals surface area contributed by atoms with Crippen LogP contribution in [0.3, 0.4) is 0 Å². The van der Waals surface area contributed by atoms with E-state index in [-0.39, 0.29) is 0 Å². The topological polar surface area (TPSA) is 40.5 Å². The predicted molar refractivity (Wildman–Crippen MR) is 61.2 cm³/mol. The first kappa shape index (κ1) is 10.6. The first-order valence-corrected chi connectivity index (χ1v) is 6.56. The second-order valence-electron chi connectivity index (χ2n) is 6.33. The number of likely N-dealkylation sites (tertiary alicyclic amines) is 1. The Hall–Kier alpha value is -0.570. The standard InChI is InChI=1S/C13H21NO2/c1-13(12(15)16)4-5-14(8-13)11-7-9-2-3-10(11)6-9/h9-11H,2-8H2,1H3,(H,15,16). The molecule has 0 aromatic rings. The Labute approximate surface area is 96.8 Å². The molecule has 2 saturated carbocycles. The van der Waals surface area contributed by atoms with Gasteiger partial charge in [0.1, 0.15) is 0 Å². The molecule has 3 nitrogen and oxygen atoms in total. The van der Waals surface area contributed by atoms with Gasteiger partial charge in [0, 0.05) is 12.6 Å². The SMILES string of the molecule is CC1(C(=O)O)CCN(C2CC3CCC2C3)C1. The summed E-state index contributed by atoms with van der Waals surface area (Å²) in [6.07, 6.45) is 6.38. The molecule has 3 heteroatoms. The van der Waals surface area contributed by atoms with E-state index in [1.165, 1.54) is 25.7 Å². The van der Waals surface area contributed by atoms with E-state index < -0.39 is 11.4 Å². The number of fused-ring (bicyclic) bond motifs is 2. The van der Waals surface area contributed by atoms with E-state index in [4.69, 9.17) is 0 Å². The van der Waals surface area contributed by atoms with Gasteiger partial charge in [0.25, 0.3) is 0 Å². The van der Waals surface area contributed by atoms with Gasteiger partial charge in [-0.3, -0.25) is 9.69 Å². The zero-order chi connectivity index (χ0) is 11.3. The third kappa shape index (κ3) is 1.48. The number of rotatable bonds is 2. The van der Waals surface area contributed by atoms with Crippen molar-refractivity contribution in [2.45, 2.75) is 45.1 Å². The molecule has 1 heterocycles. The number of carboxylic acid groups (broad SMARTS) is 1. The number of carbonyl (C=O) groups is 1. The summed E-state index contributed by atoms with van der Waals surface area (Å²) in [4.78, 5) is 13.7. The van der Waals surface area contributed by atoms with Gasteiger partial charge in [-0.15, -0.1) is 0 Å². The van der Waals surface area contributed by atoms with Crippen LogP contribution in [-0.4, -0.2) is 35.1 Å². The van der Waals surface area contributed by atoms with E-state index in [1.54, 1.807) is 0 Å². The maximum absolute atomic E-state index is 11.2. The molecule has 1 saturated heterocycles. The second-order valence-corrected chi connectivity index (χ2v) is 6.33. The molecule has 4 unspecified atom stereocenters. The molecule has 4 atom stereocenters. The fourth-order valence-corrected chi connectivity index (χ4v) is 4.11. The first-order valence-electron chi connectivity index (χ1n) is 6.56. The molecule has 90 valence electrons. The Morgan fingerprint density at radius 2 is 2.19 bits per heavy atom. The minimum Gasteiger partial charge on any atom is -0.481 e. The fraction of sp³-hybridized carbons (Fsp3) is 0.923. The third-order valence-electron chi connectivity index (χ3n) is 5.19. The Morgan fingerprint density at radius 3 is 2.69 bits per heavy atom. The van der Waals surface area contributed by atoms with Gasteiger partial charge in [0.2, 0.25) is 0 Å². The summed E-state index contributed by atoms with van der Waals surface area (Å²) >= 11 is 0. The van der Waals surface area contributed by atoms with Crippen LogP contribution >= 0.6 is 0 Å². The molecule has 16 heavy (non-hydrogen) atoms. The lowest BCUT2D eigenvalue weighted by Gasteiger charge is -2.32. The highest BCUT2D eigenvalue weighted by Crippen LogP contribution is 2.48. The summed E-state index contributed by atoms with van der Waals surface area (Å²) in [5, 5.41) is 9.24. The van der Waals surface area contributed by atoms with Gasteiger partial charge >= 0.3 is 5.97 Å². The number of hydrogen-bond acceptors (Lipinski definition) is 2. The number of hydrogen-bond donors (Lipinski definition) is 1. The molecule has 0 aromatic heterocycles. The van der Waals surface area contributed by atoms with Crippen molar-refractivity contribution in [1.82, 2.24) is 4.90 Å². The molecule has 0 amide bonds. The van der Waals surface area contributed by atoms with Crippen LogP contribution < -0.4 is 0 Å². The summed E-state index contributed by atoms with van der Waals surface area (Å²) < 4.78 is 0. The zero-order valence-corrected chi connectivity index (χ0v) is 9.98. The molecule has 3 fully saturated rings. The summed E-state index contributed by atoms with van der Waals surface area (Å²) in [6.45, 7) is 3.68. The van der Waals surface area contributed by atoms with Gasteiger partial charge in [-0.25, -0.2) is 0 Å².